The molecule has 0 bridgehead atoms. The molecule has 1 aromatic carbocycles. The zero-order valence-corrected chi connectivity index (χ0v) is 15.4. The van der Waals surface area contributed by atoms with E-state index in [0.717, 1.165) is 49.5 Å². The summed E-state index contributed by atoms with van der Waals surface area (Å²) in [5.41, 5.74) is 0.376. The van der Waals surface area contributed by atoms with Gasteiger partial charge < -0.3 is 0 Å². The number of unbranched alkanes of at least 4 members (excludes halogenated alkanes) is 1. The van der Waals surface area contributed by atoms with E-state index in [-0.39, 0.29) is 5.92 Å². The lowest BCUT2D eigenvalue weighted by Gasteiger charge is -2.38. The van der Waals surface area contributed by atoms with E-state index in [1.54, 1.807) is 0 Å². The van der Waals surface area contributed by atoms with Gasteiger partial charge in [-0.25, -0.2) is 13.2 Å². The maximum absolute atomic E-state index is 14.0. The molecular formula is C22H31F3. The van der Waals surface area contributed by atoms with Crippen LogP contribution in [0.25, 0.3) is 0 Å². The number of rotatable bonds is 5. The summed E-state index contributed by atoms with van der Waals surface area (Å²) < 4.78 is 40.6. The zero-order valence-electron chi connectivity index (χ0n) is 15.4. The summed E-state index contributed by atoms with van der Waals surface area (Å²) >= 11 is 0. The quantitative estimate of drug-likeness (QED) is 0.485. The molecule has 0 N–H and O–H groups in total. The Hall–Kier alpha value is -0.990. The first-order chi connectivity index (χ1) is 12.1. The number of hydrogen-bond donors (Lipinski definition) is 0. The molecule has 0 saturated heterocycles. The first kappa shape index (κ1) is 18.8. The molecule has 3 rings (SSSR count). The van der Waals surface area contributed by atoms with Gasteiger partial charge in [0.15, 0.2) is 17.5 Å². The van der Waals surface area contributed by atoms with Gasteiger partial charge in [0.05, 0.1) is 0 Å². The van der Waals surface area contributed by atoms with Crippen molar-refractivity contribution in [3.05, 3.63) is 35.1 Å². The predicted octanol–water partition coefficient (Wildman–Crippen LogP) is 7.37. The van der Waals surface area contributed by atoms with Crippen molar-refractivity contribution in [2.45, 2.75) is 83.5 Å². The molecule has 0 aliphatic heterocycles. The van der Waals surface area contributed by atoms with Gasteiger partial charge in [-0.15, -0.1) is 0 Å². The second-order valence-corrected chi connectivity index (χ2v) is 8.30. The van der Waals surface area contributed by atoms with E-state index < -0.39 is 17.5 Å². The lowest BCUT2D eigenvalue weighted by Crippen LogP contribution is -2.25. The smallest absolute Gasteiger partial charge is 0.194 e. The average molecular weight is 352 g/mol. The van der Waals surface area contributed by atoms with Gasteiger partial charge in [0.1, 0.15) is 0 Å². The Morgan fingerprint density at radius 1 is 0.800 bits per heavy atom. The largest absolute Gasteiger partial charge is 0.204 e. The van der Waals surface area contributed by atoms with Crippen LogP contribution in [-0.4, -0.2) is 0 Å². The van der Waals surface area contributed by atoms with Crippen LogP contribution in [-0.2, 0) is 0 Å². The fourth-order valence-electron chi connectivity index (χ4n) is 5.20. The van der Waals surface area contributed by atoms with E-state index in [4.69, 9.17) is 0 Å². The molecule has 0 heterocycles. The highest BCUT2D eigenvalue weighted by atomic mass is 19.2. The summed E-state index contributed by atoms with van der Waals surface area (Å²) in [4.78, 5) is 0. The highest BCUT2D eigenvalue weighted by Gasteiger charge is 2.32. The van der Waals surface area contributed by atoms with Crippen molar-refractivity contribution in [3.8, 4) is 0 Å². The van der Waals surface area contributed by atoms with E-state index in [1.165, 1.54) is 51.0 Å². The minimum absolute atomic E-state index is 0.0484. The predicted molar refractivity (Wildman–Crippen MR) is 96.0 cm³/mol. The summed E-state index contributed by atoms with van der Waals surface area (Å²) in [5.74, 6) is -0.818. The molecule has 0 radical (unpaired) electrons. The van der Waals surface area contributed by atoms with Gasteiger partial charge in [0, 0.05) is 0 Å². The van der Waals surface area contributed by atoms with E-state index in [2.05, 4.69) is 6.92 Å². The van der Waals surface area contributed by atoms with Crippen molar-refractivity contribution in [1.29, 1.82) is 0 Å². The maximum atomic E-state index is 14.0. The normalized spacial score (nSPS) is 30.4. The molecule has 140 valence electrons. The van der Waals surface area contributed by atoms with Crippen LogP contribution >= 0.6 is 0 Å². The minimum Gasteiger partial charge on any atom is -0.204 e. The summed E-state index contributed by atoms with van der Waals surface area (Å²) in [6.45, 7) is 2.26. The van der Waals surface area contributed by atoms with Gasteiger partial charge in [0.25, 0.3) is 0 Å². The average Bonchev–Trinajstić information content (AvgIpc) is 2.65. The van der Waals surface area contributed by atoms with Crippen LogP contribution in [0.3, 0.4) is 0 Å². The monoisotopic (exact) mass is 352 g/mol. The van der Waals surface area contributed by atoms with Crippen molar-refractivity contribution in [3.63, 3.8) is 0 Å². The van der Waals surface area contributed by atoms with Crippen LogP contribution in [0.2, 0.25) is 0 Å². The molecule has 1 aromatic rings. The second-order valence-electron chi connectivity index (χ2n) is 8.30. The number of halogens is 3. The van der Waals surface area contributed by atoms with E-state index in [1.807, 2.05) is 0 Å². The van der Waals surface area contributed by atoms with Crippen LogP contribution in [0, 0.1) is 35.2 Å². The van der Waals surface area contributed by atoms with Crippen molar-refractivity contribution >= 4 is 0 Å². The van der Waals surface area contributed by atoms with Gasteiger partial charge in [-0.3, -0.25) is 0 Å². The van der Waals surface area contributed by atoms with Crippen LogP contribution in [0.5, 0.6) is 0 Å². The Bertz CT molecular complexity index is 553. The standard InChI is InChI=1S/C22H31F3/c1-2-3-4-15-5-7-16(8-6-15)17-9-11-18(12-10-17)19-13-14-20(23)22(25)21(19)24/h13-18H,2-12H2,1H3. The van der Waals surface area contributed by atoms with Gasteiger partial charge >= 0.3 is 0 Å². The molecule has 3 heteroatoms. The third-order valence-corrected chi connectivity index (χ3v) is 6.80. The lowest BCUT2D eigenvalue weighted by atomic mass is 9.68. The van der Waals surface area contributed by atoms with Gasteiger partial charge in [-0.05, 0) is 73.8 Å². The molecule has 2 aliphatic carbocycles. The third-order valence-electron chi connectivity index (χ3n) is 6.80. The molecule has 2 saturated carbocycles. The van der Waals surface area contributed by atoms with Gasteiger partial charge in [-0.2, -0.15) is 0 Å². The molecule has 0 unspecified atom stereocenters. The molecular weight excluding hydrogens is 321 g/mol. The summed E-state index contributed by atoms with van der Waals surface area (Å²) in [6, 6.07) is 2.51. The Balaban J connectivity index is 1.50. The fourth-order valence-corrected chi connectivity index (χ4v) is 5.20. The Morgan fingerprint density at radius 3 is 2.00 bits per heavy atom. The molecule has 0 nitrogen and oxygen atoms in total. The summed E-state index contributed by atoms with van der Waals surface area (Å²) in [6.07, 6.45) is 13.5. The van der Waals surface area contributed by atoms with Crippen LogP contribution in [0.1, 0.15) is 89.0 Å². The SMILES string of the molecule is CCCCC1CCC(C2CCC(c3ccc(F)c(F)c3F)CC2)CC1. The third kappa shape index (κ3) is 4.41. The molecule has 2 fully saturated rings. The topological polar surface area (TPSA) is 0 Å². The molecule has 0 amide bonds. The maximum Gasteiger partial charge on any atom is 0.194 e. The second kappa shape index (κ2) is 8.60. The zero-order chi connectivity index (χ0) is 17.8. The summed E-state index contributed by atoms with van der Waals surface area (Å²) in [7, 11) is 0. The fraction of sp³-hybridized carbons (Fsp3) is 0.727. The number of benzene rings is 1. The Labute approximate surface area is 150 Å². The van der Waals surface area contributed by atoms with Crippen molar-refractivity contribution < 1.29 is 13.2 Å². The molecule has 2 aliphatic rings. The van der Waals surface area contributed by atoms with E-state index in [0.29, 0.717) is 5.56 Å². The first-order valence-corrected chi connectivity index (χ1v) is 10.2. The van der Waals surface area contributed by atoms with Crippen LogP contribution in [0.4, 0.5) is 13.2 Å². The first-order valence-electron chi connectivity index (χ1n) is 10.2. The van der Waals surface area contributed by atoms with Gasteiger partial charge in [0.2, 0.25) is 0 Å². The lowest BCUT2D eigenvalue weighted by molar-refractivity contribution is 0.155. The van der Waals surface area contributed by atoms with Crippen LogP contribution < -0.4 is 0 Å². The van der Waals surface area contributed by atoms with E-state index in [9.17, 15) is 13.2 Å². The molecule has 0 spiro atoms. The van der Waals surface area contributed by atoms with Crippen LogP contribution in [0.15, 0.2) is 12.1 Å². The summed E-state index contributed by atoms with van der Waals surface area (Å²) in [5, 5.41) is 0. The highest BCUT2D eigenvalue weighted by molar-refractivity contribution is 5.24. The van der Waals surface area contributed by atoms with Gasteiger partial charge in [-0.1, -0.05) is 45.1 Å². The highest BCUT2D eigenvalue weighted by Crippen LogP contribution is 2.45. The number of hydrogen-bond acceptors (Lipinski definition) is 0. The molecule has 0 aromatic heterocycles. The Kier molecular flexibility index (Phi) is 6.46. The van der Waals surface area contributed by atoms with Crippen molar-refractivity contribution in [2.75, 3.05) is 0 Å². The Morgan fingerprint density at radius 2 is 1.40 bits per heavy atom. The molecule has 0 atom stereocenters. The van der Waals surface area contributed by atoms with Crippen molar-refractivity contribution in [2.24, 2.45) is 17.8 Å². The van der Waals surface area contributed by atoms with E-state index >= 15 is 0 Å². The molecule has 25 heavy (non-hydrogen) atoms. The van der Waals surface area contributed by atoms with Crippen molar-refractivity contribution in [1.82, 2.24) is 0 Å². The minimum atomic E-state index is -1.31.